The largest absolute Gasteiger partial charge is 0.345 e. The Labute approximate surface area is 119 Å². The van der Waals surface area contributed by atoms with E-state index in [0.717, 1.165) is 10.0 Å². The van der Waals surface area contributed by atoms with Crippen LogP contribution in [-0.2, 0) is 0 Å². The van der Waals surface area contributed by atoms with Gasteiger partial charge in [0.2, 0.25) is 5.56 Å². The quantitative estimate of drug-likeness (QED) is 0.913. The van der Waals surface area contributed by atoms with Crippen LogP contribution in [0.3, 0.4) is 0 Å². The highest BCUT2D eigenvalue weighted by Crippen LogP contribution is 2.22. The monoisotopic (exact) mass is 320 g/mol. The van der Waals surface area contributed by atoms with Gasteiger partial charge in [0.25, 0.3) is 5.91 Å². The third kappa shape index (κ3) is 3.32. The number of hydrogen-bond acceptors (Lipinski definition) is 2. The number of H-pyrrole nitrogens is 1. The van der Waals surface area contributed by atoms with Crippen molar-refractivity contribution >= 4 is 21.8 Å². The maximum Gasteiger partial charge on any atom is 0.253 e. The predicted octanol–water partition coefficient (Wildman–Crippen LogP) is 2.63. The van der Waals surface area contributed by atoms with Crippen molar-refractivity contribution in [3.8, 4) is 0 Å². The molecule has 1 aromatic heterocycles. The maximum atomic E-state index is 12.0. The average Bonchev–Trinajstić information content (AvgIpc) is 2.39. The zero-order valence-corrected chi connectivity index (χ0v) is 11.9. The van der Waals surface area contributed by atoms with Crippen molar-refractivity contribution in [1.29, 1.82) is 0 Å². The number of carbonyl (C=O) groups excluding carboxylic acids is 1. The summed E-state index contributed by atoms with van der Waals surface area (Å²) in [6.07, 6.45) is 1.41. The van der Waals surface area contributed by atoms with Gasteiger partial charge in [-0.15, -0.1) is 0 Å². The first kappa shape index (κ1) is 13.5. The Hall–Kier alpha value is -1.88. The molecule has 2 rings (SSSR count). The van der Waals surface area contributed by atoms with Crippen molar-refractivity contribution in [2.45, 2.75) is 13.0 Å². The van der Waals surface area contributed by atoms with Crippen molar-refractivity contribution in [1.82, 2.24) is 10.3 Å². The minimum atomic E-state index is -0.226. The molecule has 1 aromatic carbocycles. The van der Waals surface area contributed by atoms with Gasteiger partial charge in [-0.25, -0.2) is 0 Å². The summed E-state index contributed by atoms with van der Waals surface area (Å²) in [5, 5.41) is 2.88. The van der Waals surface area contributed by atoms with Crippen LogP contribution in [0.4, 0.5) is 0 Å². The van der Waals surface area contributed by atoms with Gasteiger partial charge in [0.15, 0.2) is 0 Å². The number of nitrogens with one attached hydrogen (secondary N) is 2. The van der Waals surface area contributed by atoms with Gasteiger partial charge >= 0.3 is 0 Å². The second-order valence-corrected chi connectivity index (χ2v) is 5.01. The molecule has 0 radical (unpaired) electrons. The maximum absolute atomic E-state index is 12.0. The van der Waals surface area contributed by atoms with Gasteiger partial charge in [0.05, 0.1) is 11.6 Å². The highest BCUT2D eigenvalue weighted by molar-refractivity contribution is 9.10. The van der Waals surface area contributed by atoms with E-state index in [1.165, 1.54) is 18.3 Å². The van der Waals surface area contributed by atoms with E-state index < -0.39 is 0 Å². The summed E-state index contributed by atoms with van der Waals surface area (Å²) in [6, 6.07) is 10.4. The number of amides is 1. The fourth-order valence-corrected chi connectivity index (χ4v) is 2.36. The highest BCUT2D eigenvalue weighted by Gasteiger charge is 2.13. The van der Waals surface area contributed by atoms with Crippen molar-refractivity contribution < 1.29 is 4.79 Å². The van der Waals surface area contributed by atoms with Gasteiger partial charge in [0, 0.05) is 16.7 Å². The van der Waals surface area contributed by atoms with Gasteiger partial charge in [-0.3, -0.25) is 9.59 Å². The lowest BCUT2D eigenvalue weighted by atomic mass is 10.1. The zero-order valence-electron chi connectivity index (χ0n) is 10.3. The fraction of sp³-hybridized carbons (Fsp3) is 0.143. The molecule has 0 aliphatic carbocycles. The lowest BCUT2D eigenvalue weighted by Gasteiger charge is -2.15. The number of hydrogen-bond donors (Lipinski definition) is 2. The minimum absolute atomic E-state index is 0.130. The Balaban J connectivity index is 2.13. The van der Waals surface area contributed by atoms with E-state index in [4.69, 9.17) is 0 Å². The Morgan fingerprint density at radius 3 is 2.63 bits per heavy atom. The molecule has 0 bridgehead atoms. The normalized spacial score (nSPS) is 11.9. The van der Waals surface area contributed by atoms with Gasteiger partial charge in [-0.2, -0.15) is 0 Å². The number of carbonyl (C=O) groups is 1. The minimum Gasteiger partial charge on any atom is -0.345 e. The zero-order chi connectivity index (χ0) is 13.8. The molecule has 2 N–H and O–H groups in total. The molecular formula is C14H13BrN2O2. The third-order valence-corrected chi connectivity index (χ3v) is 3.49. The summed E-state index contributed by atoms with van der Waals surface area (Å²) >= 11 is 3.45. The standard InChI is InChI=1S/C14H13BrN2O2/c1-9(11-4-2-3-5-12(11)15)17-14(19)10-6-7-13(18)16-8-10/h2-9H,1H3,(H,16,18)(H,17,19)/t9-/m0/s1. The molecule has 0 spiro atoms. The van der Waals surface area contributed by atoms with Crippen molar-refractivity contribution in [3.05, 3.63) is 68.5 Å². The Kier molecular flexibility index (Phi) is 4.16. The smallest absolute Gasteiger partial charge is 0.253 e. The van der Waals surface area contributed by atoms with Crippen LogP contribution in [0.1, 0.15) is 28.9 Å². The topological polar surface area (TPSA) is 62.0 Å². The Bertz CT molecular complexity index is 631. The van der Waals surface area contributed by atoms with Crippen LogP contribution < -0.4 is 10.9 Å². The van der Waals surface area contributed by atoms with E-state index in [9.17, 15) is 9.59 Å². The fourth-order valence-electron chi connectivity index (χ4n) is 1.74. The molecule has 98 valence electrons. The first-order valence-corrected chi connectivity index (χ1v) is 6.61. The molecule has 5 heteroatoms. The van der Waals surface area contributed by atoms with Crippen molar-refractivity contribution in [2.75, 3.05) is 0 Å². The summed E-state index contributed by atoms with van der Waals surface area (Å²) < 4.78 is 0.948. The second kappa shape index (κ2) is 5.84. The number of benzene rings is 1. The molecular weight excluding hydrogens is 308 g/mol. The molecule has 0 fully saturated rings. The first-order valence-electron chi connectivity index (χ1n) is 5.82. The second-order valence-electron chi connectivity index (χ2n) is 4.16. The van der Waals surface area contributed by atoms with Crippen LogP contribution in [0.25, 0.3) is 0 Å². The molecule has 0 saturated heterocycles. The van der Waals surface area contributed by atoms with Gasteiger partial charge in [-0.05, 0) is 24.6 Å². The predicted molar refractivity (Wildman–Crippen MR) is 77.1 cm³/mol. The molecule has 1 heterocycles. The molecule has 0 aliphatic rings. The molecule has 19 heavy (non-hydrogen) atoms. The summed E-state index contributed by atoms with van der Waals surface area (Å²) in [4.78, 5) is 25.4. The number of pyridine rings is 1. The molecule has 4 nitrogen and oxygen atoms in total. The number of aromatic amines is 1. The van der Waals surface area contributed by atoms with E-state index in [1.54, 1.807) is 0 Å². The van der Waals surface area contributed by atoms with Crippen LogP contribution in [0.15, 0.2) is 51.9 Å². The molecule has 0 saturated carbocycles. The van der Waals surface area contributed by atoms with Gasteiger partial charge in [0.1, 0.15) is 0 Å². The van der Waals surface area contributed by atoms with Crippen molar-refractivity contribution in [3.63, 3.8) is 0 Å². The first-order chi connectivity index (χ1) is 9.08. The lowest BCUT2D eigenvalue weighted by Crippen LogP contribution is -2.27. The Morgan fingerprint density at radius 1 is 1.26 bits per heavy atom. The summed E-state index contributed by atoms with van der Waals surface area (Å²) in [5.41, 5.74) is 1.20. The summed E-state index contributed by atoms with van der Waals surface area (Å²) in [5.74, 6) is -0.223. The van der Waals surface area contributed by atoms with E-state index in [2.05, 4.69) is 26.2 Å². The van der Waals surface area contributed by atoms with E-state index in [0.29, 0.717) is 5.56 Å². The summed E-state index contributed by atoms with van der Waals surface area (Å²) in [6.45, 7) is 1.91. The van der Waals surface area contributed by atoms with Crippen molar-refractivity contribution in [2.24, 2.45) is 0 Å². The molecule has 1 atom stereocenters. The van der Waals surface area contributed by atoms with E-state index >= 15 is 0 Å². The van der Waals surface area contributed by atoms with Crippen LogP contribution in [-0.4, -0.2) is 10.9 Å². The lowest BCUT2D eigenvalue weighted by molar-refractivity contribution is 0.0939. The van der Waals surface area contributed by atoms with Crippen LogP contribution >= 0.6 is 15.9 Å². The van der Waals surface area contributed by atoms with E-state index in [1.807, 2.05) is 31.2 Å². The van der Waals surface area contributed by atoms with Gasteiger partial charge < -0.3 is 10.3 Å². The van der Waals surface area contributed by atoms with E-state index in [-0.39, 0.29) is 17.5 Å². The summed E-state index contributed by atoms with van der Waals surface area (Å²) in [7, 11) is 0. The SMILES string of the molecule is C[C@H](NC(=O)c1ccc(=O)[nH]c1)c1ccccc1Br. The molecule has 1 amide bonds. The number of aromatic nitrogens is 1. The van der Waals surface area contributed by atoms with Crippen LogP contribution in [0, 0.1) is 0 Å². The van der Waals surface area contributed by atoms with Crippen LogP contribution in [0.2, 0.25) is 0 Å². The molecule has 2 aromatic rings. The van der Waals surface area contributed by atoms with Gasteiger partial charge in [-0.1, -0.05) is 34.1 Å². The molecule has 0 aliphatic heterocycles. The number of rotatable bonds is 3. The highest BCUT2D eigenvalue weighted by atomic mass is 79.9. The van der Waals surface area contributed by atoms with Crippen LogP contribution in [0.5, 0.6) is 0 Å². The average molecular weight is 321 g/mol. The number of halogens is 1. The molecule has 0 unspecified atom stereocenters. The third-order valence-electron chi connectivity index (χ3n) is 2.77. The Morgan fingerprint density at radius 2 is 2.00 bits per heavy atom.